The van der Waals surface area contributed by atoms with Crippen molar-refractivity contribution in [2.45, 2.75) is 19.9 Å². The van der Waals surface area contributed by atoms with Gasteiger partial charge in [0, 0.05) is 24.2 Å². The SMILES string of the molecule is CC(C)N(c1cccc(F)c1)c1cc2ccc(C#N)cc2n1C. The normalized spacial score (nSPS) is 11.0. The summed E-state index contributed by atoms with van der Waals surface area (Å²) in [6, 6.07) is 16.7. The fraction of sp³-hybridized carbons (Fsp3) is 0.211. The van der Waals surface area contributed by atoms with Crippen LogP contribution < -0.4 is 4.90 Å². The number of benzene rings is 2. The summed E-state index contributed by atoms with van der Waals surface area (Å²) in [5.74, 6) is 0.717. The minimum Gasteiger partial charge on any atom is -0.330 e. The summed E-state index contributed by atoms with van der Waals surface area (Å²) in [5.41, 5.74) is 2.43. The molecule has 23 heavy (non-hydrogen) atoms. The fourth-order valence-corrected chi connectivity index (χ4v) is 2.94. The average molecular weight is 307 g/mol. The van der Waals surface area contributed by atoms with Crippen molar-refractivity contribution >= 4 is 22.4 Å². The van der Waals surface area contributed by atoms with E-state index in [-0.39, 0.29) is 11.9 Å². The second-order valence-electron chi connectivity index (χ2n) is 5.89. The Kier molecular flexibility index (Phi) is 3.79. The van der Waals surface area contributed by atoms with Crippen LogP contribution in [0.15, 0.2) is 48.5 Å². The maximum atomic E-state index is 13.6. The largest absolute Gasteiger partial charge is 0.330 e. The van der Waals surface area contributed by atoms with Gasteiger partial charge in [-0.2, -0.15) is 5.26 Å². The molecule has 1 aromatic heterocycles. The van der Waals surface area contributed by atoms with Crippen molar-refractivity contribution in [2.24, 2.45) is 7.05 Å². The molecule has 116 valence electrons. The molecular weight excluding hydrogens is 289 g/mol. The Morgan fingerprint density at radius 3 is 2.57 bits per heavy atom. The van der Waals surface area contributed by atoms with E-state index in [0.29, 0.717) is 5.56 Å². The molecule has 3 nitrogen and oxygen atoms in total. The minimum atomic E-state index is -0.251. The van der Waals surface area contributed by atoms with Crippen molar-refractivity contribution < 1.29 is 4.39 Å². The third kappa shape index (κ3) is 2.66. The van der Waals surface area contributed by atoms with Crippen molar-refractivity contribution in [3.8, 4) is 6.07 Å². The zero-order valence-corrected chi connectivity index (χ0v) is 13.4. The molecule has 3 aromatic rings. The molecular formula is C19H18FN3. The van der Waals surface area contributed by atoms with Crippen LogP contribution in [0.5, 0.6) is 0 Å². The predicted molar refractivity (Wildman–Crippen MR) is 91.3 cm³/mol. The van der Waals surface area contributed by atoms with E-state index in [0.717, 1.165) is 22.4 Å². The Morgan fingerprint density at radius 1 is 1.13 bits per heavy atom. The Morgan fingerprint density at radius 2 is 1.91 bits per heavy atom. The lowest BCUT2D eigenvalue weighted by atomic mass is 10.2. The van der Waals surface area contributed by atoms with E-state index in [1.807, 2.05) is 35.9 Å². The molecule has 0 saturated heterocycles. The molecule has 0 spiro atoms. The number of fused-ring (bicyclic) bond motifs is 1. The molecule has 0 aliphatic carbocycles. The van der Waals surface area contributed by atoms with Crippen LogP contribution in [0.2, 0.25) is 0 Å². The first kappa shape index (κ1) is 15.1. The van der Waals surface area contributed by atoms with Gasteiger partial charge in [-0.15, -0.1) is 0 Å². The number of aromatic nitrogens is 1. The van der Waals surface area contributed by atoms with Gasteiger partial charge < -0.3 is 9.47 Å². The first-order chi connectivity index (χ1) is 11.0. The number of hydrogen-bond donors (Lipinski definition) is 0. The Labute approximate surface area is 135 Å². The molecule has 0 aliphatic rings. The fourth-order valence-electron chi connectivity index (χ4n) is 2.94. The van der Waals surface area contributed by atoms with E-state index in [4.69, 9.17) is 5.26 Å². The van der Waals surface area contributed by atoms with Gasteiger partial charge in [0.25, 0.3) is 0 Å². The predicted octanol–water partition coefficient (Wildman–Crippen LogP) is 4.74. The average Bonchev–Trinajstić information content (AvgIpc) is 2.84. The zero-order chi connectivity index (χ0) is 16.6. The molecule has 0 saturated carbocycles. The Bertz CT molecular complexity index is 903. The maximum absolute atomic E-state index is 13.6. The van der Waals surface area contributed by atoms with Crippen LogP contribution >= 0.6 is 0 Å². The number of anilines is 2. The molecule has 0 aliphatic heterocycles. The second-order valence-corrected chi connectivity index (χ2v) is 5.89. The minimum absolute atomic E-state index is 0.162. The van der Waals surface area contributed by atoms with Crippen LogP contribution in [0.4, 0.5) is 15.9 Å². The molecule has 2 aromatic carbocycles. The summed E-state index contributed by atoms with van der Waals surface area (Å²) in [4.78, 5) is 2.09. The summed E-state index contributed by atoms with van der Waals surface area (Å²) in [6.07, 6.45) is 0. The van der Waals surface area contributed by atoms with Crippen molar-refractivity contribution in [2.75, 3.05) is 4.90 Å². The quantitative estimate of drug-likeness (QED) is 0.700. The summed E-state index contributed by atoms with van der Waals surface area (Å²) in [6.45, 7) is 4.15. The topological polar surface area (TPSA) is 32.0 Å². The van der Waals surface area contributed by atoms with Gasteiger partial charge in [-0.1, -0.05) is 12.1 Å². The molecule has 4 heteroatoms. The molecule has 0 bridgehead atoms. The highest BCUT2D eigenvalue weighted by atomic mass is 19.1. The van der Waals surface area contributed by atoms with Gasteiger partial charge >= 0.3 is 0 Å². The third-order valence-electron chi connectivity index (χ3n) is 4.00. The van der Waals surface area contributed by atoms with Gasteiger partial charge in [-0.05, 0) is 50.2 Å². The van der Waals surface area contributed by atoms with Crippen LogP contribution in [0.1, 0.15) is 19.4 Å². The molecule has 3 rings (SSSR count). The first-order valence-electron chi connectivity index (χ1n) is 7.55. The number of nitriles is 1. The Hall–Kier alpha value is -2.80. The lowest BCUT2D eigenvalue weighted by molar-refractivity contribution is 0.626. The van der Waals surface area contributed by atoms with E-state index >= 15 is 0 Å². The summed E-state index contributed by atoms with van der Waals surface area (Å²) in [5, 5.41) is 10.1. The smallest absolute Gasteiger partial charge is 0.125 e. The van der Waals surface area contributed by atoms with Crippen molar-refractivity contribution in [1.29, 1.82) is 5.26 Å². The standard InChI is InChI=1S/C19H18FN3/c1-13(2)23(17-6-4-5-16(20)11-17)19-10-15-8-7-14(12-21)9-18(15)22(19)3/h4-11,13H,1-3H3. The van der Waals surface area contributed by atoms with Gasteiger partial charge in [0.05, 0.1) is 17.1 Å². The molecule has 0 radical (unpaired) electrons. The van der Waals surface area contributed by atoms with E-state index in [1.165, 1.54) is 6.07 Å². The Balaban J connectivity index is 2.19. The van der Waals surface area contributed by atoms with Crippen LogP contribution in [0.3, 0.4) is 0 Å². The van der Waals surface area contributed by atoms with Crippen molar-refractivity contribution in [1.82, 2.24) is 4.57 Å². The monoisotopic (exact) mass is 307 g/mol. The third-order valence-corrected chi connectivity index (χ3v) is 4.00. The molecule has 0 atom stereocenters. The van der Waals surface area contributed by atoms with Crippen molar-refractivity contribution in [3.05, 3.63) is 59.9 Å². The molecule has 0 N–H and O–H groups in total. The van der Waals surface area contributed by atoms with Crippen LogP contribution in [0.25, 0.3) is 10.9 Å². The summed E-state index contributed by atoms with van der Waals surface area (Å²) >= 11 is 0. The lowest BCUT2D eigenvalue weighted by Gasteiger charge is -2.29. The number of halogens is 1. The van der Waals surface area contributed by atoms with E-state index in [2.05, 4.69) is 30.9 Å². The lowest BCUT2D eigenvalue weighted by Crippen LogP contribution is -2.27. The summed E-state index contributed by atoms with van der Waals surface area (Å²) < 4.78 is 15.7. The van der Waals surface area contributed by atoms with Gasteiger partial charge in [-0.3, -0.25) is 0 Å². The van der Waals surface area contributed by atoms with E-state index in [9.17, 15) is 4.39 Å². The second kappa shape index (κ2) is 5.77. The highest BCUT2D eigenvalue weighted by Gasteiger charge is 2.18. The van der Waals surface area contributed by atoms with Gasteiger partial charge in [-0.25, -0.2) is 4.39 Å². The molecule has 0 unspecified atom stereocenters. The summed E-state index contributed by atoms with van der Waals surface area (Å²) in [7, 11) is 1.97. The first-order valence-corrected chi connectivity index (χ1v) is 7.55. The van der Waals surface area contributed by atoms with E-state index in [1.54, 1.807) is 12.1 Å². The van der Waals surface area contributed by atoms with Crippen LogP contribution in [-0.2, 0) is 7.05 Å². The molecule has 0 fully saturated rings. The highest BCUT2D eigenvalue weighted by Crippen LogP contribution is 2.33. The number of aryl methyl sites for hydroxylation is 1. The van der Waals surface area contributed by atoms with Gasteiger partial charge in [0.15, 0.2) is 0 Å². The number of rotatable bonds is 3. The van der Waals surface area contributed by atoms with Crippen LogP contribution in [-0.4, -0.2) is 10.6 Å². The highest BCUT2D eigenvalue weighted by molar-refractivity contribution is 5.87. The zero-order valence-electron chi connectivity index (χ0n) is 13.4. The van der Waals surface area contributed by atoms with Gasteiger partial charge in [0.1, 0.15) is 11.6 Å². The maximum Gasteiger partial charge on any atom is 0.125 e. The van der Waals surface area contributed by atoms with Crippen molar-refractivity contribution in [3.63, 3.8) is 0 Å². The van der Waals surface area contributed by atoms with E-state index < -0.39 is 0 Å². The molecule has 1 heterocycles. The van der Waals surface area contributed by atoms with Crippen LogP contribution in [0, 0.1) is 17.1 Å². The molecule has 0 amide bonds. The van der Waals surface area contributed by atoms with Gasteiger partial charge in [0.2, 0.25) is 0 Å². The number of nitrogens with zero attached hydrogens (tertiary/aromatic N) is 3. The number of hydrogen-bond acceptors (Lipinski definition) is 2.